The Kier molecular flexibility index (Phi) is 8.03. The van der Waals surface area contributed by atoms with E-state index < -0.39 is 21.5 Å². The predicted octanol–water partition coefficient (Wildman–Crippen LogP) is 4.98. The maximum atomic E-state index is 14.3. The molecule has 1 aromatic carbocycles. The molecule has 11 heteroatoms. The largest absolute Gasteiger partial charge is 0.361 e. The Labute approximate surface area is 239 Å². The van der Waals surface area contributed by atoms with Crippen molar-refractivity contribution in [2.75, 3.05) is 0 Å². The minimum Gasteiger partial charge on any atom is -0.361 e. The van der Waals surface area contributed by atoms with Gasteiger partial charge in [-0.2, -0.15) is 9.82 Å². The number of sulfonamides is 1. The van der Waals surface area contributed by atoms with Crippen molar-refractivity contribution in [3.63, 3.8) is 0 Å². The number of H-pyrrole nitrogens is 1. The van der Waals surface area contributed by atoms with Crippen molar-refractivity contribution in [2.24, 2.45) is 13.0 Å². The molecule has 9 nitrogen and oxygen atoms in total. The maximum absolute atomic E-state index is 14.3. The van der Waals surface area contributed by atoms with Crippen LogP contribution in [0.5, 0.6) is 0 Å². The number of amides is 1. The molecule has 1 amide bonds. The van der Waals surface area contributed by atoms with E-state index >= 15 is 0 Å². The third kappa shape index (κ3) is 5.66. The number of nitrogens with one attached hydrogen (secondary N) is 3. The molecule has 0 aliphatic heterocycles. The summed E-state index contributed by atoms with van der Waals surface area (Å²) in [6.07, 6.45) is 8.93. The molecule has 0 spiro atoms. The van der Waals surface area contributed by atoms with Gasteiger partial charge in [0.05, 0.1) is 17.4 Å². The van der Waals surface area contributed by atoms with Crippen LogP contribution in [0.15, 0.2) is 59.8 Å². The number of pyridine rings is 1. The van der Waals surface area contributed by atoms with Gasteiger partial charge in [0.1, 0.15) is 15.6 Å². The van der Waals surface area contributed by atoms with Gasteiger partial charge in [0.15, 0.2) is 0 Å². The first-order valence-electron chi connectivity index (χ1n) is 13.6. The lowest BCUT2D eigenvalue weighted by molar-refractivity contribution is -0.127. The second-order valence-corrected chi connectivity index (χ2v) is 12.9. The number of para-hydroxylation sites is 1. The first kappa shape index (κ1) is 28.3. The van der Waals surface area contributed by atoms with Crippen molar-refractivity contribution in [1.82, 2.24) is 29.8 Å². The molecule has 2 unspecified atom stereocenters. The summed E-state index contributed by atoms with van der Waals surface area (Å²) in [5.74, 6) is -0.225. The van der Waals surface area contributed by atoms with Crippen LogP contribution < -0.4 is 10.0 Å². The van der Waals surface area contributed by atoms with Gasteiger partial charge in [-0.05, 0) is 56.4 Å². The molecule has 0 bridgehead atoms. The maximum Gasteiger partial charge on any atom is 0.246 e. The van der Waals surface area contributed by atoms with Gasteiger partial charge in [-0.25, -0.2) is 8.42 Å². The number of aromatic amines is 1. The van der Waals surface area contributed by atoms with Crippen molar-refractivity contribution < 1.29 is 13.2 Å². The molecule has 1 aliphatic carbocycles. The summed E-state index contributed by atoms with van der Waals surface area (Å²) < 4.78 is 31.7. The van der Waals surface area contributed by atoms with Crippen LogP contribution in [0.4, 0.5) is 0 Å². The van der Waals surface area contributed by atoms with Gasteiger partial charge in [-0.3, -0.25) is 14.5 Å². The van der Waals surface area contributed by atoms with Gasteiger partial charge >= 0.3 is 0 Å². The van der Waals surface area contributed by atoms with Crippen molar-refractivity contribution in [3.8, 4) is 0 Å². The van der Waals surface area contributed by atoms with E-state index in [1.54, 1.807) is 27.1 Å². The molecule has 1 saturated carbocycles. The first-order chi connectivity index (χ1) is 19.1. The van der Waals surface area contributed by atoms with Crippen LogP contribution in [-0.4, -0.2) is 39.6 Å². The van der Waals surface area contributed by atoms with E-state index in [1.165, 1.54) is 11.1 Å². The lowest BCUT2D eigenvalue weighted by atomic mass is 9.82. The summed E-state index contributed by atoms with van der Waals surface area (Å²) in [7, 11) is -2.66. The van der Waals surface area contributed by atoms with Gasteiger partial charge < -0.3 is 10.3 Å². The zero-order valence-electron chi connectivity index (χ0n) is 22.9. The Hall–Kier alpha value is -3.21. The van der Waals surface area contributed by atoms with Crippen molar-refractivity contribution in [2.45, 2.75) is 68.8 Å². The summed E-state index contributed by atoms with van der Waals surface area (Å²) in [5.41, 5.74) is 1.19. The highest BCUT2D eigenvalue weighted by molar-refractivity contribution is 7.89. The molecule has 2 atom stereocenters. The standard InChI is InChI=1S/C29H35ClN6O3S/c1-19-26(27(30)36(3)34-19)40(38,39)35-29(2,17-21-18-32-23-14-8-7-13-22(21)23)28(37)33-25(20-11-5-4-6-12-20)24-15-9-10-16-31-24/h7-10,13-16,18,20,25,32,35H,4-6,11-12,17H2,1-3H3,(H,33,37). The molecule has 212 valence electrons. The summed E-state index contributed by atoms with van der Waals surface area (Å²) in [4.78, 5) is 22.0. The number of fused-ring (bicyclic) bond motifs is 1. The van der Waals surface area contributed by atoms with E-state index in [9.17, 15) is 13.2 Å². The van der Waals surface area contributed by atoms with E-state index in [2.05, 4.69) is 25.1 Å². The van der Waals surface area contributed by atoms with Gasteiger partial charge in [0.25, 0.3) is 0 Å². The second-order valence-electron chi connectivity index (χ2n) is 10.9. The number of carbonyl (C=O) groups is 1. The lowest BCUT2D eigenvalue weighted by Crippen LogP contribution is -2.59. The number of hydrogen-bond donors (Lipinski definition) is 3. The molecule has 0 radical (unpaired) electrons. The molecule has 0 saturated heterocycles. The smallest absolute Gasteiger partial charge is 0.246 e. The monoisotopic (exact) mass is 582 g/mol. The van der Waals surface area contributed by atoms with E-state index in [1.807, 2.05) is 48.7 Å². The first-order valence-corrected chi connectivity index (χ1v) is 15.4. The van der Waals surface area contributed by atoms with Crippen LogP contribution in [0, 0.1) is 12.8 Å². The number of rotatable bonds is 9. The van der Waals surface area contributed by atoms with E-state index in [4.69, 9.17) is 11.6 Å². The average Bonchev–Trinajstić information content (AvgIpc) is 3.46. The highest BCUT2D eigenvalue weighted by Gasteiger charge is 2.42. The van der Waals surface area contributed by atoms with Crippen molar-refractivity contribution in [3.05, 3.63) is 77.0 Å². The quantitative estimate of drug-likeness (QED) is 0.257. The van der Waals surface area contributed by atoms with Crippen molar-refractivity contribution >= 4 is 38.4 Å². The summed E-state index contributed by atoms with van der Waals surface area (Å²) in [6, 6.07) is 13.1. The number of aromatic nitrogens is 4. The molecule has 1 aliphatic rings. The molecular formula is C29H35ClN6O3S. The Bertz CT molecular complexity index is 1610. The van der Waals surface area contributed by atoms with Crippen LogP contribution in [-0.2, 0) is 28.3 Å². The SMILES string of the molecule is Cc1nn(C)c(Cl)c1S(=O)(=O)NC(C)(Cc1c[nH]c2ccccc12)C(=O)NC(c1ccccn1)C1CCCCC1. The molecule has 3 heterocycles. The average molecular weight is 583 g/mol. The number of carbonyl (C=O) groups excluding carboxylic acids is 1. The van der Waals surface area contributed by atoms with Crippen LogP contribution in [0.3, 0.4) is 0 Å². The minimum absolute atomic E-state index is 0.0200. The third-order valence-electron chi connectivity index (χ3n) is 7.86. The Morgan fingerprint density at radius 2 is 1.90 bits per heavy atom. The second kappa shape index (κ2) is 11.3. The van der Waals surface area contributed by atoms with Crippen LogP contribution in [0.1, 0.15) is 62.0 Å². The van der Waals surface area contributed by atoms with Gasteiger partial charge in [-0.15, -0.1) is 0 Å². The highest BCUT2D eigenvalue weighted by Crippen LogP contribution is 2.35. The van der Waals surface area contributed by atoms with Gasteiger partial charge in [-0.1, -0.05) is 55.1 Å². The molecule has 1 fully saturated rings. The molecular weight excluding hydrogens is 548 g/mol. The minimum atomic E-state index is -4.24. The molecule has 40 heavy (non-hydrogen) atoms. The van der Waals surface area contributed by atoms with E-state index in [0.717, 1.165) is 47.8 Å². The third-order valence-corrected chi connectivity index (χ3v) is 10.2. The summed E-state index contributed by atoms with van der Waals surface area (Å²) in [6.45, 7) is 3.20. The zero-order chi connectivity index (χ0) is 28.5. The molecule has 5 rings (SSSR count). The van der Waals surface area contributed by atoms with Crippen LogP contribution in [0.2, 0.25) is 5.15 Å². The topological polar surface area (TPSA) is 122 Å². The van der Waals surface area contributed by atoms with E-state index in [0.29, 0.717) is 0 Å². The highest BCUT2D eigenvalue weighted by atomic mass is 35.5. The predicted molar refractivity (Wildman–Crippen MR) is 155 cm³/mol. The fourth-order valence-corrected chi connectivity index (χ4v) is 7.97. The van der Waals surface area contributed by atoms with Gasteiger partial charge in [0, 0.05) is 36.8 Å². The molecule has 3 N–H and O–H groups in total. The fourth-order valence-electron chi connectivity index (χ4n) is 5.85. The molecule has 4 aromatic rings. The fraction of sp³-hybridized carbons (Fsp3) is 0.414. The Morgan fingerprint density at radius 3 is 2.58 bits per heavy atom. The normalized spacial score (nSPS) is 17.0. The van der Waals surface area contributed by atoms with Crippen molar-refractivity contribution in [1.29, 1.82) is 0 Å². The van der Waals surface area contributed by atoms with Gasteiger partial charge in [0.2, 0.25) is 15.9 Å². The van der Waals surface area contributed by atoms with Crippen LogP contribution in [0.25, 0.3) is 10.9 Å². The summed E-state index contributed by atoms with van der Waals surface area (Å²) in [5, 5.41) is 8.29. The Balaban J connectivity index is 1.54. The number of benzene rings is 1. The van der Waals surface area contributed by atoms with Crippen LogP contribution >= 0.6 is 11.6 Å². The number of hydrogen-bond acceptors (Lipinski definition) is 5. The molecule has 3 aromatic heterocycles. The summed E-state index contributed by atoms with van der Waals surface area (Å²) >= 11 is 6.36. The number of aryl methyl sites for hydroxylation is 2. The zero-order valence-corrected chi connectivity index (χ0v) is 24.5. The lowest BCUT2D eigenvalue weighted by Gasteiger charge is -2.35. The number of nitrogens with zero attached hydrogens (tertiary/aromatic N) is 3. The number of halogens is 1. The Morgan fingerprint density at radius 1 is 1.18 bits per heavy atom. The van der Waals surface area contributed by atoms with E-state index in [-0.39, 0.29) is 34.1 Å².